The van der Waals surface area contributed by atoms with E-state index in [4.69, 9.17) is 4.74 Å². The SMILES string of the molecule is CCOC(=O)c1c(SCc2ccccn2)n(C2CC2)c2c(F)c(F)c(F)cc2c1=O. The Balaban J connectivity index is 2.00. The maximum absolute atomic E-state index is 14.8. The van der Waals surface area contributed by atoms with Crippen molar-refractivity contribution < 1.29 is 22.7 Å². The molecule has 0 saturated heterocycles. The molecule has 0 N–H and O–H groups in total. The summed E-state index contributed by atoms with van der Waals surface area (Å²) in [6.07, 6.45) is 2.93. The minimum absolute atomic E-state index is 0.0240. The molecule has 1 saturated carbocycles. The second kappa shape index (κ2) is 8.14. The Bertz CT molecular complexity index is 1190. The molecule has 1 aromatic carbocycles. The highest BCUT2D eigenvalue weighted by atomic mass is 32.2. The van der Waals surface area contributed by atoms with Crippen LogP contribution in [0.3, 0.4) is 0 Å². The van der Waals surface area contributed by atoms with Crippen LogP contribution in [0, 0.1) is 17.5 Å². The molecule has 0 bridgehead atoms. The van der Waals surface area contributed by atoms with Gasteiger partial charge in [-0.05, 0) is 38.0 Å². The number of hydrogen-bond acceptors (Lipinski definition) is 5. The van der Waals surface area contributed by atoms with Crippen LogP contribution in [0.2, 0.25) is 0 Å². The topological polar surface area (TPSA) is 61.2 Å². The molecule has 1 fully saturated rings. The van der Waals surface area contributed by atoms with Gasteiger partial charge in [0.15, 0.2) is 17.5 Å². The number of fused-ring (bicyclic) bond motifs is 1. The molecular formula is C21H17F3N2O3S. The highest BCUT2D eigenvalue weighted by Crippen LogP contribution is 2.43. The Kier molecular flexibility index (Phi) is 5.55. The molecule has 9 heteroatoms. The third kappa shape index (κ3) is 3.58. The van der Waals surface area contributed by atoms with Gasteiger partial charge in [0.25, 0.3) is 0 Å². The van der Waals surface area contributed by atoms with Crippen molar-refractivity contribution in [3.05, 3.63) is 69.4 Å². The van der Waals surface area contributed by atoms with Gasteiger partial charge in [-0.3, -0.25) is 9.78 Å². The standard InChI is InChI=1S/C21H17F3N2O3S/c1-2-29-21(28)15-19(27)13-9-14(22)16(23)17(24)18(13)26(12-6-7-12)20(15)30-10-11-5-3-4-8-25-11/h3-5,8-9,12H,2,6-7,10H2,1H3. The Morgan fingerprint density at radius 2 is 2.03 bits per heavy atom. The predicted octanol–water partition coefficient (Wildman–Crippen LogP) is 4.62. The number of thioether (sulfide) groups is 1. The maximum atomic E-state index is 14.8. The van der Waals surface area contributed by atoms with Crippen LogP contribution >= 0.6 is 11.8 Å². The van der Waals surface area contributed by atoms with Gasteiger partial charge in [-0.15, -0.1) is 11.8 Å². The molecule has 0 unspecified atom stereocenters. The number of carbonyl (C=O) groups is 1. The first-order valence-corrected chi connectivity index (χ1v) is 10.4. The van der Waals surface area contributed by atoms with Gasteiger partial charge in [-0.25, -0.2) is 18.0 Å². The van der Waals surface area contributed by atoms with E-state index >= 15 is 0 Å². The number of aromatic nitrogens is 2. The zero-order valence-electron chi connectivity index (χ0n) is 16.0. The summed E-state index contributed by atoms with van der Waals surface area (Å²) in [4.78, 5) is 30.0. The van der Waals surface area contributed by atoms with Crippen molar-refractivity contribution in [2.24, 2.45) is 0 Å². The summed E-state index contributed by atoms with van der Waals surface area (Å²) in [6.45, 7) is 1.62. The third-order valence-electron chi connectivity index (χ3n) is 4.76. The minimum Gasteiger partial charge on any atom is -0.462 e. The molecule has 5 nitrogen and oxygen atoms in total. The minimum atomic E-state index is -1.65. The highest BCUT2D eigenvalue weighted by molar-refractivity contribution is 7.98. The molecule has 3 aromatic rings. The summed E-state index contributed by atoms with van der Waals surface area (Å²) in [5, 5.41) is -0.215. The number of benzene rings is 1. The van der Waals surface area contributed by atoms with Gasteiger partial charge >= 0.3 is 5.97 Å². The van der Waals surface area contributed by atoms with E-state index in [1.807, 2.05) is 0 Å². The Hall–Kier alpha value is -2.81. The predicted molar refractivity (Wildman–Crippen MR) is 106 cm³/mol. The zero-order valence-corrected chi connectivity index (χ0v) is 16.8. The monoisotopic (exact) mass is 434 g/mol. The van der Waals surface area contributed by atoms with Crippen LogP contribution in [0.5, 0.6) is 0 Å². The number of nitrogens with zero attached hydrogens (tertiary/aromatic N) is 2. The molecule has 1 aliphatic rings. The van der Waals surface area contributed by atoms with Crippen molar-refractivity contribution in [1.29, 1.82) is 0 Å². The summed E-state index contributed by atoms with van der Waals surface area (Å²) in [7, 11) is 0. The largest absolute Gasteiger partial charge is 0.462 e. The van der Waals surface area contributed by atoms with Gasteiger partial charge in [0.2, 0.25) is 5.43 Å². The molecule has 156 valence electrons. The third-order valence-corrected chi connectivity index (χ3v) is 5.87. The number of carbonyl (C=O) groups excluding carboxylic acids is 1. The molecule has 0 spiro atoms. The average Bonchev–Trinajstić information content (AvgIpc) is 3.57. The lowest BCUT2D eigenvalue weighted by molar-refractivity contribution is 0.0519. The van der Waals surface area contributed by atoms with E-state index in [-0.39, 0.29) is 39.9 Å². The number of hydrogen-bond donors (Lipinski definition) is 0. The fourth-order valence-corrected chi connectivity index (χ4v) is 4.43. The molecule has 0 amide bonds. The first-order chi connectivity index (χ1) is 14.4. The molecular weight excluding hydrogens is 417 g/mol. The lowest BCUT2D eigenvalue weighted by Gasteiger charge is -2.20. The smallest absolute Gasteiger partial charge is 0.344 e. The van der Waals surface area contributed by atoms with Crippen LogP contribution in [0.1, 0.15) is 41.9 Å². The molecule has 2 aromatic heterocycles. The Morgan fingerprint density at radius 1 is 1.27 bits per heavy atom. The number of esters is 1. The number of ether oxygens (including phenoxy) is 1. The fraction of sp³-hybridized carbons (Fsp3) is 0.286. The van der Waals surface area contributed by atoms with Crippen LogP contribution in [0.4, 0.5) is 13.2 Å². The maximum Gasteiger partial charge on any atom is 0.344 e. The lowest BCUT2D eigenvalue weighted by Crippen LogP contribution is -2.24. The van der Waals surface area contributed by atoms with Gasteiger partial charge in [0.1, 0.15) is 5.56 Å². The van der Waals surface area contributed by atoms with Crippen LogP contribution in [-0.4, -0.2) is 22.1 Å². The number of halogens is 3. The lowest BCUT2D eigenvalue weighted by atomic mass is 10.1. The van der Waals surface area contributed by atoms with Gasteiger partial charge in [-0.1, -0.05) is 6.07 Å². The van der Waals surface area contributed by atoms with Gasteiger partial charge in [-0.2, -0.15) is 0 Å². The van der Waals surface area contributed by atoms with Crippen molar-refractivity contribution in [3.63, 3.8) is 0 Å². The zero-order chi connectivity index (χ0) is 21.4. The fourth-order valence-electron chi connectivity index (χ4n) is 3.28. The molecule has 30 heavy (non-hydrogen) atoms. The molecule has 4 rings (SSSR count). The number of rotatable bonds is 6. The van der Waals surface area contributed by atoms with E-state index in [1.165, 1.54) is 4.57 Å². The van der Waals surface area contributed by atoms with E-state index in [0.717, 1.165) is 11.8 Å². The molecule has 2 heterocycles. The molecule has 1 aliphatic carbocycles. The van der Waals surface area contributed by atoms with E-state index in [1.54, 1.807) is 31.3 Å². The van der Waals surface area contributed by atoms with Crippen molar-refractivity contribution in [1.82, 2.24) is 9.55 Å². The van der Waals surface area contributed by atoms with Gasteiger partial charge < -0.3 is 9.30 Å². The van der Waals surface area contributed by atoms with Crippen LogP contribution in [0.15, 0.2) is 40.3 Å². The Labute approximate surface area is 173 Å². The van der Waals surface area contributed by atoms with Crippen LogP contribution in [0.25, 0.3) is 10.9 Å². The summed E-state index contributed by atoms with van der Waals surface area (Å²) >= 11 is 1.11. The van der Waals surface area contributed by atoms with Crippen molar-refractivity contribution in [2.45, 2.75) is 36.6 Å². The quantitative estimate of drug-likeness (QED) is 0.322. The van der Waals surface area contributed by atoms with Crippen molar-refractivity contribution in [2.75, 3.05) is 6.61 Å². The van der Waals surface area contributed by atoms with Crippen molar-refractivity contribution >= 4 is 28.6 Å². The van der Waals surface area contributed by atoms with E-state index in [9.17, 15) is 22.8 Å². The highest BCUT2D eigenvalue weighted by Gasteiger charge is 2.34. The number of pyridine rings is 2. The van der Waals surface area contributed by atoms with Gasteiger partial charge in [0.05, 0.1) is 28.2 Å². The molecule has 0 radical (unpaired) electrons. The second-order valence-corrected chi connectivity index (χ2v) is 7.79. The molecule has 0 aliphatic heterocycles. The van der Waals surface area contributed by atoms with E-state index < -0.39 is 28.8 Å². The first-order valence-electron chi connectivity index (χ1n) is 9.39. The summed E-state index contributed by atoms with van der Waals surface area (Å²) < 4.78 is 49.2. The average molecular weight is 434 g/mol. The van der Waals surface area contributed by atoms with Crippen LogP contribution in [-0.2, 0) is 10.5 Å². The summed E-state index contributed by atoms with van der Waals surface area (Å²) in [5.41, 5.74) is -0.847. The first kappa shape index (κ1) is 20.5. The summed E-state index contributed by atoms with van der Waals surface area (Å²) in [5.74, 6) is -5.17. The van der Waals surface area contributed by atoms with E-state index in [2.05, 4.69) is 4.98 Å². The normalized spacial score (nSPS) is 13.6. The van der Waals surface area contributed by atoms with Crippen molar-refractivity contribution in [3.8, 4) is 0 Å². The van der Waals surface area contributed by atoms with E-state index in [0.29, 0.717) is 24.6 Å². The Morgan fingerprint density at radius 3 is 2.67 bits per heavy atom. The second-order valence-electron chi connectivity index (χ2n) is 6.82. The van der Waals surface area contributed by atoms with Gasteiger partial charge in [0, 0.05) is 18.0 Å². The molecule has 0 atom stereocenters. The summed E-state index contributed by atoms with van der Waals surface area (Å²) in [6, 6.07) is 5.73. The van der Waals surface area contributed by atoms with Crippen LogP contribution < -0.4 is 5.43 Å².